The molecule has 0 aliphatic heterocycles. The zero-order chi connectivity index (χ0) is 11.8. The second kappa shape index (κ2) is 3.52. The minimum absolute atomic E-state index is 0.204. The number of hydrogen-bond acceptors (Lipinski definition) is 3. The van der Waals surface area contributed by atoms with E-state index in [0.717, 1.165) is 16.3 Å². The summed E-state index contributed by atoms with van der Waals surface area (Å²) < 4.78 is 0. The predicted molar refractivity (Wildman–Crippen MR) is 64.0 cm³/mol. The van der Waals surface area contributed by atoms with Crippen molar-refractivity contribution in [3.8, 4) is 0 Å². The molecular weight excluding hydrogens is 216 g/mol. The van der Waals surface area contributed by atoms with E-state index >= 15 is 0 Å². The number of carbonyl (C=O) groups is 1. The molecule has 4 nitrogen and oxygen atoms in total. The molecule has 0 atom stereocenters. The Morgan fingerprint density at radius 1 is 1.12 bits per heavy atom. The van der Waals surface area contributed by atoms with Crippen molar-refractivity contribution in [1.29, 1.82) is 0 Å². The Kier molecular flexibility index (Phi) is 2.01. The lowest BCUT2D eigenvalue weighted by molar-refractivity contribution is 0.0698. The van der Waals surface area contributed by atoms with Gasteiger partial charge >= 0.3 is 5.97 Å². The van der Waals surface area contributed by atoms with E-state index in [1.807, 2.05) is 18.2 Å². The lowest BCUT2D eigenvalue weighted by Crippen LogP contribution is -1.98. The SMILES string of the molecule is O=C(O)c1cncc2c1ccc1cccnc12. The number of pyridine rings is 2. The summed E-state index contributed by atoms with van der Waals surface area (Å²) in [6, 6.07) is 7.46. The van der Waals surface area contributed by atoms with Gasteiger partial charge in [0.25, 0.3) is 0 Å². The van der Waals surface area contributed by atoms with Gasteiger partial charge in [-0.15, -0.1) is 0 Å². The van der Waals surface area contributed by atoms with Crippen LogP contribution in [0.15, 0.2) is 42.9 Å². The summed E-state index contributed by atoms with van der Waals surface area (Å²) in [4.78, 5) is 19.3. The first-order chi connectivity index (χ1) is 8.27. The maximum Gasteiger partial charge on any atom is 0.337 e. The molecule has 0 spiro atoms. The van der Waals surface area contributed by atoms with Crippen LogP contribution in [0.1, 0.15) is 10.4 Å². The van der Waals surface area contributed by atoms with E-state index in [1.54, 1.807) is 18.5 Å². The molecule has 4 heteroatoms. The molecule has 17 heavy (non-hydrogen) atoms. The second-order valence-electron chi connectivity index (χ2n) is 3.73. The monoisotopic (exact) mass is 224 g/mol. The van der Waals surface area contributed by atoms with Gasteiger partial charge in [-0.1, -0.05) is 18.2 Å². The number of fused-ring (bicyclic) bond motifs is 3. The maximum atomic E-state index is 11.1. The van der Waals surface area contributed by atoms with E-state index in [9.17, 15) is 4.79 Å². The van der Waals surface area contributed by atoms with Gasteiger partial charge < -0.3 is 5.11 Å². The maximum absolute atomic E-state index is 11.1. The number of aromatic carboxylic acids is 1. The fourth-order valence-electron chi connectivity index (χ4n) is 1.96. The van der Waals surface area contributed by atoms with Gasteiger partial charge in [0.1, 0.15) is 0 Å². The molecule has 0 aliphatic rings. The van der Waals surface area contributed by atoms with E-state index in [2.05, 4.69) is 9.97 Å². The van der Waals surface area contributed by atoms with Crippen LogP contribution in [0.5, 0.6) is 0 Å². The van der Waals surface area contributed by atoms with Crippen LogP contribution in [0.2, 0.25) is 0 Å². The zero-order valence-electron chi connectivity index (χ0n) is 8.79. The number of carboxylic acid groups (broad SMARTS) is 1. The lowest BCUT2D eigenvalue weighted by atomic mass is 10.0. The van der Waals surface area contributed by atoms with Gasteiger partial charge in [0.15, 0.2) is 0 Å². The number of nitrogens with zero attached hydrogens (tertiary/aromatic N) is 2. The smallest absolute Gasteiger partial charge is 0.337 e. The van der Waals surface area contributed by atoms with Crippen molar-refractivity contribution in [2.24, 2.45) is 0 Å². The molecule has 1 N–H and O–H groups in total. The molecule has 0 saturated carbocycles. The average Bonchev–Trinajstić information content (AvgIpc) is 2.37. The van der Waals surface area contributed by atoms with E-state index in [4.69, 9.17) is 5.11 Å². The van der Waals surface area contributed by atoms with Crippen LogP contribution < -0.4 is 0 Å². The Hall–Kier alpha value is -2.49. The summed E-state index contributed by atoms with van der Waals surface area (Å²) in [5, 5.41) is 11.5. The molecule has 0 radical (unpaired) electrons. The number of rotatable bonds is 1. The normalized spacial score (nSPS) is 10.8. The van der Waals surface area contributed by atoms with Crippen molar-refractivity contribution in [3.05, 3.63) is 48.4 Å². The highest BCUT2D eigenvalue weighted by Crippen LogP contribution is 2.24. The van der Waals surface area contributed by atoms with Gasteiger partial charge in [0, 0.05) is 34.7 Å². The van der Waals surface area contributed by atoms with Crippen molar-refractivity contribution in [3.63, 3.8) is 0 Å². The van der Waals surface area contributed by atoms with Gasteiger partial charge in [-0.25, -0.2) is 4.79 Å². The Bertz CT molecular complexity index is 738. The molecule has 2 heterocycles. The third-order valence-corrected chi connectivity index (χ3v) is 2.74. The standard InChI is InChI=1S/C13H8N2O2/c16-13(17)11-7-14-6-10-9(11)4-3-8-2-1-5-15-12(8)10/h1-7H,(H,16,17). The van der Waals surface area contributed by atoms with Gasteiger partial charge in [-0.2, -0.15) is 0 Å². The van der Waals surface area contributed by atoms with Crippen molar-refractivity contribution in [2.75, 3.05) is 0 Å². The summed E-state index contributed by atoms with van der Waals surface area (Å²) in [6.07, 6.45) is 4.70. The molecule has 1 aromatic carbocycles. The molecule has 0 aliphatic carbocycles. The van der Waals surface area contributed by atoms with E-state index in [0.29, 0.717) is 5.39 Å². The number of aromatic nitrogens is 2. The zero-order valence-corrected chi connectivity index (χ0v) is 8.79. The third kappa shape index (κ3) is 1.42. The minimum Gasteiger partial charge on any atom is -0.478 e. The first kappa shape index (κ1) is 9.72. The molecule has 0 amide bonds. The van der Waals surface area contributed by atoms with Crippen molar-refractivity contribution < 1.29 is 9.90 Å². The molecule has 0 unspecified atom stereocenters. The van der Waals surface area contributed by atoms with Crippen LogP contribution in [0.25, 0.3) is 21.7 Å². The highest BCUT2D eigenvalue weighted by atomic mass is 16.4. The van der Waals surface area contributed by atoms with Crippen molar-refractivity contribution in [2.45, 2.75) is 0 Å². The van der Waals surface area contributed by atoms with E-state index in [-0.39, 0.29) is 5.56 Å². The van der Waals surface area contributed by atoms with Gasteiger partial charge in [0.2, 0.25) is 0 Å². The Morgan fingerprint density at radius 3 is 2.82 bits per heavy atom. The molecular formula is C13H8N2O2. The van der Waals surface area contributed by atoms with Gasteiger partial charge in [-0.05, 0) is 6.07 Å². The van der Waals surface area contributed by atoms with Gasteiger partial charge in [-0.3, -0.25) is 9.97 Å². The number of benzene rings is 1. The van der Waals surface area contributed by atoms with Gasteiger partial charge in [0.05, 0.1) is 11.1 Å². The fraction of sp³-hybridized carbons (Fsp3) is 0. The molecule has 3 aromatic rings. The Labute approximate surface area is 96.6 Å². The van der Waals surface area contributed by atoms with Crippen molar-refractivity contribution in [1.82, 2.24) is 9.97 Å². The lowest BCUT2D eigenvalue weighted by Gasteiger charge is -2.04. The third-order valence-electron chi connectivity index (χ3n) is 2.74. The fourth-order valence-corrected chi connectivity index (χ4v) is 1.96. The van der Waals surface area contributed by atoms with Crippen LogP contribution in [0.3, 0.4) is 0 Å². The topological polar surface area (TPSA) is 63.1 Å². The van der Waals surface area contributed by atoms with Crippen LogP contribution in [0, 0.1) is 0 Å². The van der Waals surface area contributed by atoms with Crippen molar-refractivity contribution >= 4 is 27.6 Å². The summed E-state index contributed by atoms with van der Waals surface area (Å²) in [5.41, 5.74) is 0.982. The Balaban J connectivity index is 2.52. The highest BCUT2D eigenvalue weighted by Gasteiger charge is 2.10. The quantitative estimate of drug-likeness (QED) is 0.645. The predicted octanol–water partition coefficient (Wildman–Crippen LogP) is 2.48. The Morgan fingerprint density at radius 2 is 2.00 bits per heavy atom. The van der Waals surface area contributed by atoms with E-state index < -0.39 is 5.97 Å². The summed E-state index contributed by atoms with van der Waals surface area (Å²) in [7, 11) is 0. The minimum atomic E-state index is -0.974. The first-order valence-electron chi connectivity index (χ1n) is 5.12. The first-order valence-corrected chi connectivity index (χ1v) is 5.12. The molecule has 3 rings (SSSR count). The van der Waals surface area contributed by atoms with Crippen LogP contribution in [0.4, 0.5) is 0 Å². The largest absolute Gasteiger partial charge is 0.478 e. The summed E-state index contributed by atoms with van der Waals surface area (Å²) in [5.74, 6) is -0.974. The van der Waals surface area contributed by atoms with Crippen LogP contribution in [-0.4, -0.2) is 21.0 Å². The van der Waals surface area contributed by atoms with Crippen LogP contribution in [-0.2, 0) is 0 Å². The summed E-state index contributed by atoms with van der Waals surface area (Å²) in [6.45, 7) is 0. The molecule has 82 valence electrons. The molecule has 0 saturated heterocycles. The molecule has 0 fully saturated rings. The van der Waals surface area contributed by atoms with E-state index in [1.165, 1.54) is 6.20 Å². The molecule has 2 aromatic heterocycles. The molecule has 0 bridgehead atoms. The number of carboxylic acids is 1. The number of hydrogen-bond donors (Lipinski definition) is 1. The average molecular weight is 224 g/mol. The second-order valence-corrected chi connectivity index (χ2v) is 3.73. The summed E-state index contributed by atoms with van der Waals surface area (Å²) >= 11 is 0. The van der Waals surface area contributed by atoms with Crippen LogP contribution >= 0.6 is 0 Å². The highest BCUT2D eigenvalue weighted by molar-refractivity contribution is 6.11.